The average Bonchev–Trinajstić information content (AvgIpc) is 2.56. The Hall–Kier alpha value is -1.10. The van der Waals surface area contributed by atoms with Gasteiger partial charge in [-0.1, -0.05) is 0 Å². The van der Waals surface area contributed by atoms with Gasteiger partial charge in [-0.25, -0.2) is 4.99 Å². The standard InChI is InChI=1S/C11H20N4O/c1-10(2,3)13-9-12-8(16)11(14-9)5-6-15(4)7-11/h5-7H2,1-4H3,(H2,12,13,14,16). The Morgan fingerprint density at radius 2 is 2.19 bits per heavy atom. The maximum atomic E-state index is 11.9. The summed E-state index contributed by atoms with van der Waals surface area (Å²) in [7, 11) is 2.02. The van der Waals surface area contributed by atoms with E-state index in [9.17, 15) is 4.79 Å². The first-order valence-electron chi connectivity index (χ1n) is 5.69. The molecular formula is C11H20N4O. The SMILES string of the molecule is CN1CCC2(C1)N=C(NC(C)(C)C)NC2=O. The maximum absolute atomic E-state index is 11.9. The summed E-state index contributed by atoms with van der Waals surface area (Å²) >= 11 is 0. The monoisotopic (exact) mass is 224 g/mol. The molecular weight excluding hydrogens is 204 g/mol. The van der Waals surface area contributed by atoms with Gasteiger partial charge in [0, 0.05) is 18.6 Å². The van der Waals surface area contributed by atoms with Crippen molar-refractivity contribution >= 4 is 11.9 Å². The number of likely N-dealkylation sites (tertiary alicyclic amines) is 1. The minimum atomic E-state index is -0.539. The van der Waals surface area contributed by atoms with Crippen molar-refractivity contribution in [3.05, 3.63) is 0 Å². The van der Waals surface area contributed by atoms with Crippen LogP contribution in [0.4, 0.5) is 0 Å². The van der Waals surface area contributed by atoms with E-state index in [1.165, 1.54) is 0 Å². The van der Waals surface area contributed by atoms with Crippen molar-refractivity contribution in [3.8, 4) is 0 Å². The van der Waals surface area contributed by atoms with Crippen LogP contribution in [0.15, 0.2) is 4.99 Å². The van der Waals surface area contributed by atoms with E-state index in [1.807, 2.05) is 27.8 Å². The fourth-order valence-electron chi connectivity index (χ4n) is 2.19. The second kappa shape index (κ2) is 3.45. The summed E-state index contributed by atoms with van der Waals surface area (Å²) in [6.45, 7) is 7.79. The Labute approximate surface area is 96.3 Å². The zero-order valence-electron chi connectivity index (χ0n) is 10.4. The molecule has 0 saturated carbocycles. The zero-order chi connectivity index (χ0) is 12.0. The van der Waals surface area contributed by atoms with Crippen LogP contribution >= 0.6 is 0 Å². The number of hydrogen-bond donors (Lipinski definition) is 2. The Morgan fingerprint density at radius 1 is 1.50 bits per heavy atom. The summed E-state index contributed by atoms with van der Waals surface area (Å²) in [5.74, 6) is 0.649. The smallest absolute Gasteiger partial charge is 0.256 e. The topological polar surface area (TPSA) is 56.7 Å². The number of guanidine groups is 1. The van der Waals surface area contributed by atoms with Gasteiger partial charge in [0.2, 0.25) is 0 Å². The Kier molecular flexibility index (Phi) is 2.45. The number of amides is 1. The van der Waals surface area contributed by atoms with Crippen LogP contribution < -0.4 is 10.6 Å². The Bertz CT molecular complexity index is 344. The van der Waals surface area contributed by atoms with Crippen LogP contribution in [-0.4, -0.2) is 48.0 Å². The summed E-state index contributed by atoms with van der Waals surface area (Å²) < 4.78 is 0. The van der Waals surface area contributed by atoms with Gasteiger partial charge in [0.1, 0.15) is 0 Å². The molecule has 2 aliphatic heterocycles. The number of nitrogens with one attached hydrogen (secondary N) is 2. The van der Waals surface area contributed by atoms with Gasteiger partial charge in [-0.05, 0) is 34.2 Å². The van der Waals surface area contributed by atoms with Gasteiger partial charge in [-0.3, -0.25) is 10.1 Å². The fourth-order valence-corrected chi connectivity index (χ4v) is 2.19. The molecule has 2 aliphatic rings. The molecule has 90 valence electrons. The summed E-state index contributed by atoms with van der Waals surface area (Å²) in [5.41, 5.74) is -0.621. The summed E-state index contributed by atoms with van der Waals surface area (Å²) in [4.78, 5) is 18.6. The highest BCUT2D eigenvalue weighted by Crippen LogP contribution is 2.27. The summed E-state index contributed by atoms with van der Waals surface area (Å²) in [5, 5.41) is 6.05. The lowest BCUT2D eigenvalue weighted by atomic mass is 10.00. The van der Waals surface area contributed by atoms with Crippen molar-refractivity contribution < 1.29 is 4.79 Å². The third-order valence-corrected chi connectivity index (χ3v) is 2.91. The highest BCUT2D eigenvalue weighted by Gasteiger charge is 2.48. The van der Waals surface area contributed by atoms with Crippen molar-refractivity contribution in [2.75, 3.05) is 20.1 Å². The van der Waals surface area contributed by atoms with Gasteiger partial charge in [0.15, 0.2) is 11.5 Å². The third-order valence-electron chi connectivity index (χ3n) is 2.91. The van der Waals surface area contributed by atoms with E-state index in [1.54, 1.807) is 0 Å². The van der Waals surface area contributed by atoms with Crippen LogP contribution in [0.5, 0.6) is 0 Å². The Balaban J connectivity index is 2.14. The summed E-state index contributed by atoms with van der Waals surface area (Å²) in [6, 6.07) is 0. The maximum Gasteiger partial charge on any atom is 0.256 e. The molecule has 1 unspecified atom stereocenters. The molecule has 16 heavy (non-hydrogen) atoms. The lowest BCUT2D eigenvalue weighted by Crippen LogP contribution is -2.48. The van der Waals surface area contributed by atoms with E-state index >= 15 is 0 Å². The molecule has 0 radical (unpaired) electrons. The van der Waals surface area contributed by atoms with Crippen molar-refractivity contribution in [1.82, 2.24) is 15.5 Å². The molecule has 1 fully saturated rings. The molecule has 5 nitrogen and oxygen atoms in total. The molecule has 0 aromatic heterocycles. The molecule has 0 aliphatic carbocycles. The van der Waals surface area contributed by atoms with Crippen LogP contribution in [0.3, 0.4) is 0 Å². The van der Waals surface area contributed by atoms with Gasteiger partial charge in [0.05, 0.1) is 0 Å². The van der Waals surface area contributed by atoms with Crippen LogP contribution in [0.25, 0.3) is 0 Å². The molecule has 2 N–H and O–H groups in total. The molecule has 0 aromatic carbocycles. The number of nitrogens with zero attached hydrogens (tertiary/aromatic N) is 2. The van der Waals surface area contributed by atoms with E-state index < -0.39 is 5.54 Å². The molecule has 1 saturated heterocycles. The first-order valence-corrected chi connectivity index (χ1v) is 5.69. The second-order valence-corrected chi connectivity index (χ2v) is 5.81. The molecule has 1 amide bonds. The lowest BCUT2D eigenvalue weighted by Gasteiger charge is -2.21. The molecule has 0 aromatic rings. The van der Waals surface area contributed by atoms with Crippen molar-refractivity contribution in [2.24, 2.45) is 4.99 Å². The van der Waals surface area contributed by atoms with Crippen molar-refractivity contribution in [2.45, 2.75) is 38.3 Å². The van der Waals surface area contributed by atoms with Gasteiger partial charge in [0.25, 0.3) is 5.91 Å². The molecule has 0 bridgehead atoms. The zero-order valence-corrected chi connectivity index (χ0v) is 10.4. The number of carbonyl (C=O) groups excluding carboxylic acids is 1. The first kappa shape index (κ1) is 11.4. The van der Waals surface area contributed by atoms with E-state index in [0.29, 0.717) is 12.5 Å². The van der Waals surface area contributed by atoms with Crippen LogP contribution in [0.2, 0.25) is 0 Å². The number of likely N-dealkylation sites (N-methyl/N-ethyl adjacent to an activating group) is 1. The third kappa shape index (κ3) is 2.04. The Morgan fingerprint density at radius 3 is 2.69 bits per heavy atom. The molecule has 2 heterocycles. The van der Waals surface area contributed by atoms with Gasteiger partial charge in [-0.15, -0.1) is 0 Å². The van der Waals surface area contributed by atoms with Crippen molar-refractivity contribution in [1.29, 1.82) is 0 Å². The van der Waals surface area contributed by atoms with E-state index in [4.69, 9.17) is 0 Å². The van der Waals surface area contributed by atoms with Crippen LogP contribution in [0, 0.1) is 0 Å². The van der Waals surface area contributed by atoms with Crippen LogP contribution in [0.1, 0.15) is 27.2 Å². The van der Waals surface area contributed by atoms with Crippen molar-refractivity contribution in [3.63, 3.8) is 0 Å². The van der Waals surface area contributed by atoms with Gasteiger partial charge < -0.3 is 10.2 Å². The molecule has 1 spiro atoms. The van der Waals surface area contributed by atoms with Gasteiger partial charge >= 0.3 is 0 Å². The van der Waals surface area contributed by atoms with Crippen LogP contribution in [-0.2, 0) is 4.79 Å². The van der Waals surface area contributed by atoms with E-state index in [0.717, 1.165) is 13.0 Å². The van der Waals surface area contributed by atoms with E-state index in [2.05, 4.69) is 20.5 Å². The van der Waals surface area contributed by atoms with E-state index in [-0.39, 0.29) is 11.4 Å². The predicted molar refractivity (Wildman–Crippen MR) is 63.3 cm³/mol. The van der Waals surface area contributed by atoms with Gasteiger partial charge in [-0.2, -0.15) is 0 Å². The lowest BCUT2D eigenvalue weighted by molar-refractivity contribution is -0.123. The number of rotatable bonds is 0. The quantitative estimate of drug-likeness (QED) is 0.606. The second-order valence-electron chi connectivity index (χ2n) is 5.81. The molecule has 2 rings (SSSR count). The fraction of sp³-hybridized carbons (Fsp3) is 0.818. The largest absolute Gasteiger partial charge is 0.351 e. The summed E-state index contributed by atoms with van der Waals surface area (Å²) in [6.07, 6.45) is 0.810. The predicted octanol–water partition coefficient (Wildman–Crippen LogP) is -0.0654. The minimum absolute atomic E-state index is 0.0311. The number of aliphatic imine (C=N–C) groups is 1. The first-order chi connectivity index (χ1) is 7.31. The highest BCUT2D eigenvalue weighted by molar-refractivity contribution is 6.07. The average molecular weight is 224 g/mol. The minimum Gasteiger partial charge on any atom is -0.351 e. The molecule has 5 heteroatoms. The highest BCUT2D eigenvalue weighted by atomic mass is 16.2. The molecule has 1 atom stereocenters. The number of hydrogen-bond acceptors (Lipinski definition) is 4. The normalized spacial score (nSPS) is 30.8. The number of carbonyl (C=O) groups is 1.